The van der Waals surface area contributed by atoms with Gasteiger partial charge in [-0.2, -0.15) is 5.10 Å². The summed E-state index contributed by atoms with van der Waals surface area (Å²) in [4.78, 5) is 4.72. The first-order valence-electron chi connectivity index (χ1n) is 6.95. The van der Waals surface area contributed by atoms with Crippen molar-refractivity contribution in [3.63, 3.8) is 0 Å². The van der Waals surface area contributed by atoms with E-state index in [2.05, 4.69) is 16.6 Å². The van der Waals surface area contributed by atoms with Gasteiger partial charge in [-0.25, -0.2) is 4.98 Å². The third-order valence-electron chi connectivity index (χ3n) is 4.38. The van der Waals surface area contributed by atoms with Crippen molar-refractivity contribution >= 4 is 22.8 Å². The fourth-order valence-electron chi connectivity index (χ4n) is 3.13. The van der Waals surface area contributed by atoms with Crippen LogP contribution in [-0.2, 0) is 13.6 Å². The lowest BCUT2D eigenvalue weighted by atomic mass is 9.70. The van der Waals surface area contributed by atoms with Gasteiger partial charge in [0.2, 0.25) is 0 Å². The van der Waals surface area contributed by atoms with E-state index in [1.54, 1.807) is 0 Å². The van der Waals surface area contributed by atoms with Crippen molar-refractivity contribution in [1.82, 2.24) is 19.3 Å². The molecule has 0 bridgehead atoms. The van der Waals surface area contributed by atoms with E-state index in [0.717, 1.165) is 29.2 Å². The molecule has 104 valence electrons. The Morgan fingerprint density at radius 1 is 1.42 bits per heavy atom. The number of rotatable bonds is 3. The van der Waals surface area contributed by atoms with E-state index in [9.17, 15) is 0 Å². The van der Waals surface area contributed by atoms with Crippen LogP contribution in [0, 0.1) is 12.3 Å². The van der Waals surface area contributed by atoms with Gasteiger partial charge in [0, 0.05) is 13.6 Å². The number of nitrogens with zero attached hydrogens (tertiary/aromatic N) is 4. The molecular formula is C14H21ClN4. The van der Waals surface area contributed by atoms with E-state index in [4.69, 9.17) is 16.6 Å². The Morgan fingerprint density at radius 3 is 2.63 bits per heavy atom. The molecule has 1 aliphatic carbocycles. The standard InChI is InChI=1S/C14H21ClN4/c1-9(15)12-16-11-10(2)17-18(4)13(11)19(12)8-14(3)6-5-7-14/h9H,5-8H2,1-4H3. The van der Waals surface area contributed by atoms with Gasteiger partial charge in [0.1, 0.15) is 11.3 Å². The van der Waals surface area contributed by atoms with Gasteiger partial charge in [-0.05, 0) is 32.1 Å². The van der Waals surface area contributed by atoms with Crippen LogP contribution in [0.25, 0.3) is 11.2 Å². The van der Waals surface area contributed by atoms with Crippen molar-refractivity contribution in [3.8, 4) is 0 Å². The number of halogens is 1. The third-order valence-corrected chi connectivity index (χ3v) is 4.57. The number of hydrogen-bond acceptors (Lipinski definition) is 2. The van der Waals surface area contributed by atoms with Crippen LogP contribution in [0.2, 0.25) is 0 Å². The second-order valence-corrected chi connectivity index (χ2v) is 6.87. The summed E-state index contributed by atoms with van der Waals surface area (Å²) < 4.78 is 4.22. The highest BCUT2D eigenvalue weighted by molar-refractivity contribution is 6.20. The number of hydrogen-bond donors (Lipinski definition) is 0. The highest BCUT2D eigenvalue weighted by atomic mass is 35.5. The smallest absolute Gasteiger partial charge is 0.158 e. The highest BCUT2D eigenvalue weighted by Crippen LogP contribution is 2.43. The van der Waals surface area contributed by atoms with Crippen molar-refractivity contribution in [1.29, 1.82) is 0 Å². The predicted molar refractivity (Wildman–Crippen MR) is 77.5 cm³/mol. The highest BCUT2D eigenvalue weighted by Gasteiger charge is 2.34. The fourth-order valence-corrected chi connectivity index (χ4v) is 3.30. The second-order valence-electron chi connectivity index (χ2n) is 6.22. The molecule has 1 unspecified atom stereocenters. The van der Waals surface area contributed by atoms with Gasteiger partial charge in [-0.1, -0.05) is 13.3 Å². The zero-order valence-electron chi connectivity index (χ0n) is 12.1. The van der Waals surface area contributed by atoms with Gasteiger partial charge in [-0.15, -0.1) is 11.6 Å². The molecule has 5 heteroatoms. The third kappa shape index (κ3) is 1.97. The molecule has 0 aliphatic heterocycles. The lowest BCUT2D eigenvalue weighted by Gasteiger charge is -2.39. The number of alkyl halides is 1. The molecule has 1 atom stereocenters. The van der Waals surface area contributed by atoms with E-state index in [-0.39, 0.29) is 5.38 Å². The van der Waals surface area contributed by atoms with Crippen LogP contribution in [0.3, 0.4) is 0 Å². The van der Waals surface area contributed by atoms with Crippen molar-refractivity contribution < 1.29 is 0 Å². The van der Waals surface area contributed by atoms with Crippen molar-refractivity contribution in [3.05, 3.63) is 11.5 Å². The first-order chi connectivity index (χ1) is 8.91. The molecule has 3 rings (SSSR count). The van der Waals surface area contributed by atoms with E-state index < -0.39 is 0 Å². The van der Waals surface area contributed by atoms with Crippen LogP contribution in [0.1, 0.15) is 50.0 Å². The molecule has 1 saturated carbocycles. The molecule has 0 spiro atoms. The van der Waals surface area contributed by atoms with Crippen LogP contribution in [0.5, 0.6) is 0 Å². The molecule has 2 aromatic rings. The van der Waals surface area contributed by atoms with Crippen LogP contribution in [-0.4, -0.2) is 19.3 Å². The Morgan fingerprint density at radius 2 is 2.11 bits per heavy atom. The van der Waals surface area contributed by atoms with Gasteiger partial charge in [0.15, 0.2) is 5.65 Å². The van der Waals surface area contributed by atoms with Crippen molar-refractivity contribution in [2.24, 2.45) is 12.5 Å². The van der Waals surface area contributed by atoms with Crippen LogP contribution in [0.15, 0.2) is 0 Å². The Kier molecular flexibility index (Phi) is 2.89. The first-order valence-corrected chi connectivity index (χ1v) is 7.39. The number of aromatic nitrogens is 4. The quantitative estimate of drug-likeness (QED) is 0.806. The summed E-state index contributed by atoms with van der Waals surface area (Å²) >= 11 is 6.32. The maximum Gasteiger partial charge on any atom is 0.158 e. The van der Waals surface area contributed by atoms with E-state index in [1.807, 2.05) is 25.6 Å². The minimum Gasteiger partial charge on any atom is -0.311 e. The van der Waals surface area contributed by atoms with Crippen LogP contribution < -0.4 is 0 Å². The Bertz CT molecular complexity index is 619. The summed E-state index contributed by atoms with van der Waals surface area (Å²) in [5.74, 6) is 0.973. The molecule has 2 aromatic heterocycles. The Labute approximate surface area is 118 Å². The molecule has 1 aliphatic rings. The monoisotopic (exact) mass is 280 g/mol. The minimum absolute atomic E-state index is 0.0736. The van der Waals surface area contributed by atoms with Gasteiger partial charge < -0.3 is 4.57 Å². The largest absolute Gasteiger partial charge is 0.311 e. The van der Waals surface area contributed by atoms with Gasteiger partial charge >= 0.3 is 0 Å². The van der Waals surface area contributed by atoms with Crippen LogP contribution >= 0.6 is 11.6 Å². The molecular weight excluding hydrogens is 260 g/mol. The topological polar surface area (TPSA) is 35.6 Å². The lowest BCUT2D eigenvalue weighted by Crippen LogP contribution is -2.31. The SMILES string of the molecule is Cc1nn(C)c2c1nc(C(C)Cl)n2CC1(C)CCC1. The average Bonchev–Trinajstić information content (AvgIpc) is 2.77. The zero-order valence-corrected chi connectivity index (χ0v) is 12.8. The summed E-state index contributed by atoms with van der Waals surface area (Å²) in [7, 11) is 1.99. The molecule has 0 aromatic carbocycles. The maximum atomic E-state index is 6.32. The molecule has 19 heavy (non-hydrogen) atoms. The number of fused-ring (bicyclic) bond motifs is 1. The summed E-state index contributed by atoms with van der Waals surface area (Å²) in [5, 5.41) is 4.40. The molecule has 4 nitrogen and oxygen atoms in total. The summed E-state index contributed by atoms with van der Waals surface area (Å²) in [6.45, 7) is 7.35. The Balaban J connectivity index is 2.15. The fraction of sp³-hybridized carbons (Fsp3) is 0.714. The average molecular weight is 281 g/mol. The van der Waals surface area contributed by atoms with Gasteiger partial charge in [0.05, 0.1) is 11.1 Å². The Hall–Kier alpha value is -1.03. The van der Waals surface area contributed by atoms with Gasteiger partial charge in [0.25, 0.3) is 0 Å². The zero-order chi connectivity index (χ0) is 13.8. The molecule has 0 N–H and O–H groups in total. The van der Waals surface area contributed by atoms with Crippen LogP contribution in [0.4, 0.5) is 0 Å². The molecule has 0 amide bonds. The van der Waals surface area contributed by atoms with Crippen molar-refractivity contribution in [2.75, 3.05) is 0 Å². The normalized spacial score (nSPS) is 19.6. The first kappa shape index (κ1) is 13.0. The lowest BCUT2D eigenvalue weighted by molar-refractivity contribution is 0.132. The molecule has 0 radical (unpaired) electrons. The number of aryl methyl sites for hydroxylation is 2. The minimum atomic E-state index is -0.0736. The molecule has 0 saturated heterocycles. The summed E-state index contributed by atoms with van der Waals surface area (Å²) in [5.41, 5.74) is 3.47. The molecule has 1 fully saturated rings. The van der Waals surface area contributed by atoms with Crippen molar-refractivity contribution in [2.45, 2.75) is 52.0 Å². The van der Waals surface area contributed by atoms with E-state index in [0.29, 0.717) is 5.41 Å². The predicted octanol–water partition coefficient (Wildman–Crippen LogP) is 3.57. The summed E-state index contributed by atoms with van der Waals surface area (Å²) in [6.07, 6.45) is 3.92. The maximum absolute atomic E-state index is 6.32. The van der Waals surface area contributed by atoms with E-state index in [1.165, 1.54) is 19.3 Å². The molecule has 2 heterocycles. The second kappa shape index (κ2) is 4.23. The summed E-state index contributed by atoms with van der Waals surface area (Å²) in [6, 6.07) is 0. The van der Waals surface area contributed by atoms with Gasteiger partial charge in [-0.3, -0.25) is 4.68 Å². The van der Waals surface area contributed by atoms with E-state index >= 15 is 0 Å². The number of imidazole rings is 1.